The molecule has 0 bridgehead atoms. The van der Waals surface area contributed by atoms with Gasteiger partial charge in [0.1, 0.15) is 0 Å². The summed E-state index contributed by atoms with van der Waals surface area (Å²) in [6.45, 7) is 6.74. The molecular formula is C59H52BrN. The number of benzene rings is 9. The number of anilines is 3. The Morgan fingerprint density at radius 3 is 1.41 bits per heavy atom. The molecule has 0 saturated carbocycles. The van der Waals surface area contributed by atoms with Crippen LogP contribution >= 0.6 is 15.9 Å². The van der Waals surface area contributed by atoms with Crippen molar-refractivity contribution in [1.29, 1.82) is 0 Å². The Bertz CT molecular complexity index is 2820. The molecule has 0 aliphatic rings. The number of aryl methyl sites for hydroxylation is 3. The molecule has 0 aromatic heterocycles. The van der Waals surface area contributed by atoms with Gasteiger partial charge in [-0.1, -0.05) is 182 Å². The quantitative estimate of drug-likeness (QED) is 0.112. The lowest BCUT2D eigenvalue weighted by Crippen LogP contribution is -2.09. The Balaban J connectivity index is 1.15. The van der Waals surface area contributed by atoms with E-state index in [-0.39, 0.29) is 0 Å². The molecule has 0 fully saturated rings. The average Bonchev–Trinajstić information content (AvgIpc) is 3.31. The van der Waals surface area contributed by atoms with E-state index < -0.39 is 0 Å². The lowest BCUT2D eigenvalue weighted by atomic mass is 9.82. The zero-order chi connectivity index (χ0) is 41.7. The zero-order valence-corrected chi connectivity index (χ0v) is 37.1. The van der Waals surface area contributed by atoms with Gasteiger partial charge in [0, 0.05) is 21.5 Å². The minimum absolute atomic E-state index is 1.04. The molecule has 0 aliphatic carbocycles. The third kappa shape index (κ3) is 8.43. The van der Waals surface area contributed by atoms with E-state index >= 15 is 0 Å². The predicted octanol–water partition coefficient (Wildman–Crippen LogP) is 17.9. The van der Waals surface area contributed by atoms with Crippen molar-refractivity contribution in [2.45, 2.75) is 59.3 Å². The van der Waals surface area contributed by atoms with E-state index in [0.717, 1.165) is 47.2 Å². The maximum atomic E-state index is 3.59. The summed E-state index contributed by atoms with van der Waals surface area (Å²) in [5, 5.41) is 5.30. The molecular weight excluding hydrogens is 803 g/mol. The van der Waals surface area contributed by atoms with Crippen LogP contribution in [0.25, 0.3) is 66.1 Å². The smallest absolute Gasteiger partial charge is 0.0462 e. The van der Waals surface area contributed by atoms with Gasteiger partial charge in [-0.2, -0.15) is 0 Å². The minimum atomic E-state index is 1.04. The van der Waals surface area contributed by atoms with E-state index in [9.17, 15) is 0 Å². The molecule has 0 radical (unpaired) electrons. The number of fused-ring (bicyclic) bond motifs is 2. The highest BCUT2D eigenvalue weighted by molar-refractivity contribution is 9.10. The molecule has 0 amide bonds. The third-order valence-electron chi connectivity index (χ3n) is 12.2. The first-order chi connectivity index (χ1) is 30.0. The summed E-state index contributed by atoms with van der Waals surface area (Å²) >= 11 is 3.59. The second-order valence-electron chi connectivity index (χ2n) is 16.4. The summed E-state index contributed by atoms with van der Waals surface area (Å²) in [5.41, 5.74) is 17.7. The molecule has 300 valence electrons. The molecule has 9 rings (SSSR count). The third-order valence-corrected chi connectivity index (χ3v) is 12.8. The summed E-state index contributed by atoms with van der Waals surface area (Å²) in [6.07, 6.45) is 6.79. The lowest BCUT2D eigenvalue weighted by Gasteiger charge is -2.26. The van der Waals surface area contributed by atoms with Crippen LogP contribution in [0.5, 0.6) is 0 Å². The normalized spacial score (nSPS) is 11.3. The van der Waals surface area contributed by atoms with Gasteiger partial charge in [-0.15, -0.1) is 0 Å². The Morgan fingerprint density at radius 1 is 0.410 bits per heavy atom. The van der Waals surface area contributed by atoms with Gasteiger partial charge in [0.15, 0.2) is 0 Å². The van der Waals surface area contributed by atoms with Crippen LogP contribution in [-0.2, 0) is 12.8 Å². The van der Waals surface area contributed by atoms with Gasteiger partial charge >= 0.3 is 0 Å². The van der Waals surface area contributed by atoms with Gasteiger partial charge < -0.3 is 4.90 Å². The summed E-state index contributed by atoms with van der Waals surface area (Å²) in [5.74, 6) is 0. The molecule has 0 heterocycles. The standard InChI is InChI=1S/C59H52BrN/c1-4-6-12-48-23-22-46-14-8-9-15-54(46)58(48)59-49(13-7-5-2)40-57(55-16-10-11-17-56(55)59)47-30-38-53(39-31-47)61(51-34-26-44(27-35-51)42-20-18-41(3)19-21-42)52-36-28-45(29-37-52)43-24-32-50(60)33-25-43/h8-11,14-40H,4-7,12-13H2,1-3H3. The second kappa shape index (κ2) is 18.2. The molecule has 9 aromatic rings. The number of hydrogen-bond acceptors (Lipinski definition) is 1. The Labute approximate surface area is 370 Å². The SMILES string of the molecule is CCCCc1ccc2ccccc2c1-c1c(CCCC)cc(-c2ccc(N(c3ccc(-c4ccc(C)cc4)cc3)c3ccc(-c4ccc(Br)cc4)cc3)cc2)c2ccccc12. The van der Waals surface area contributed by atoms with Gasteiger partial charge in [0.25, 0.3) is 0 Å². The van der Waals surface area contributed by atoms with Crippen molar-refractivity contribution < 1.29 is 0 Å². The van der Waals surface area contributed by atoms with Crippen LogP contribution < -0.4 is 4.90 Å². The van der Waals surface area contributed by atoms with Gasteiger partial charge in [-0.3, -0.25) is 0 Å². The van der Waals surface area contributed by atoms with Gasteiger partial charge in [0.05, 0.1) is 0 Å². The fourth-order valence-electron chi connectivity index (χ4n) is 8.95. The van der Waals surface area contributed by atoms with Crippen molar-refractivity contribution in [3.8, 4) is 44.5 Å². The van der Waals surface area contributed by atoms with E-state index in [1.54, 1.807) is 0 Å². The number of nitrogens with zero attached hydrogens (tertiary/aromatic N) is 1. The van der Waals surface area contributed by atoms with Crippen LogP contribution in [0, 0.1) is 6.92 Å². The summed E-state index contributed by atoms with van der Waals surface area (Å²) in [7, 11) is 0. The lowest BCUT2D eigenvalue weighted by molar-refractivity contribution is 0.792. The van der Waals surface area contributed by atoms with Crippen molar-refractivity contribution in [2.24, 2.45) is 0 Å². The minimum Gasteiger partial charge on any atom is -0.311 e. The first kappa shape index (κ1) is 40.2. The summed E-state index contributed by atoms with van der Waals surface area (Å²) in [6, 6.07) is 69.9. The highest BCUT2D eigenvalue weighted by Gasteiger charge is 2.20. The van der Waals surface area contributed by atoms with Crippen molar-refractivity contribution in [3.63, 3.8) is 0 Å². The maximum Gasteiger partial charge on any atom is 0.0462 e. The monoisotopic (exact) mass is 853 g/mol. The van der Waals surface area contributed by atoms with Gasteiger partial charge in [-0.25, -0.2) is 0 Å². The van der Waals surface area contributed by atoms with Crippen molar-refractivity contribution in [1.82, 2.24) is 0 Å². The van der Waals surface area contributed by atoms with E-state index in [1.165, 1.54) is 95.6 Å². The molecule has 61 heavy (non-hydrogen) atoms. The van der Waals surface area contributed by atoms with Crippen LogP contribution in [0.2, 0.25) is 0 Å². The van der Waals surface area contributed by atoms with Crippen LogP contribution in [0.15, 0.2) is 193 Å². The number of rotatable bonds is 13. The first-order valence-electron chi connectivity index (χ1n) is 22.0. The van der Waals surface area contributed by atoms with Crippen molar-refractivity contribution in [2.75, 3.05) is 4.90 Å². The Kier molecular flexibility index (Phi) is 12.0. The average molecular weight is 855 g/mol. The zero-order valence-electron chi connectivity index (χ0n) is 35.5. The summed E-state index contributed by atoms with van der Waals surface area (Å²) in [4.78, 5) is 2.38. The van der Waals surface area contributed by atoms with Gasteiger partial charge in [0.2, 0.25) is 0 Å². The highest BCUT2D eigenvalue weighted by atomic mass is 79.9. The van der Waals surface area contributed by atoms with E-state index in [1.807, 2.05) is 0 Å². The summed E-state index contributed by atoms with van der Waals surface area (Å²) < 4.78 is 1.08. The molecule has 2 heteroatoms. The van der Waals surface area contributed by atoms with Crippen LogP contribution in [0.3, 0.4) is 0 Å². The van der Waals surface area contributed by atoms with Crippen LogP contribution in [0.1, 0.15) is 56.2 Å². The van der Waals surface area contributed by atoms with Crippen molar-refractivity contribution >= 4 is 54.5 Å². The molecule has 9 aromatic carbocycles. The topological polar surface area (TPSA) is 3.24 Å². The first-order valence-corrected chi connectivity index (χ1v) is 22.8. The van der Waals surface area contributed by atoms with Gasteiger partial charge in [-0.05, 0) is 164 Å². The molecule has 0 saturated heterocycles. The molecule has 0 aliphatic heterocycles. The van der Waals surface area contributed by atoms with Crippen molar-refractivity contribution in [3.05, 3.63) is 209 Å². The number of unbranched alkanes of at least 4 members (excludes halogenated alkanes) is 2. The highest BCUT2D eigenvalue weighted by Crippen LogP contribution is 2.45. The van der Waals surface area contributed by atoms with E-state index in [0.29, 0.717) is 0 Å². The van der Waals surface area contributed by atoms with Crippen LogP contribution in [0.4, 0.5) is 17.1 Å². The number of halogens is 1. The second-order valence-corrected chi connectivity index (χ2v) is 17.3. The van der Waals surface area contributed by atoms with Crippen LogP contribution in [-0.4, -0.2) is 0 Å². The molecule has 1 nitrogen and oxygen atoms in total. The Hall–Kier alpha value is -6.22. The predicted molar refractivity (Wildman–Crippen MR) is 268 cm³/mol. The maximum absolute atomic E-state index is 3.59. The molecule has 0 unspecified atom stereocenters. The van der Waals surface area contributed by atoms with E-state index in [4.69, 9.17) is 0 Å². The number of hydrogen-bond donors (Lipinski definition) is 0. The molecule has 0 spiro atoms. The van der Waals surface area contributed by atoms with E-state index in [2.05, 4.69) is 230 Å². The fraction of sp³-hybridized carbons (Fsp3) is 0.153. The fourth-order valence-corrected chi connectivity index (χ4v) is 9.21. The molecule has 0 N–H and O–H groups in total. The Morgan fingerprint density at radius 2 is 0.852 bits per heavy atom. The largest absolute Gasteiger partial charge is 0.311 e. The molecule has 0 atom stereocenters.